The van der Waals surface area contributed by atoms with E-state index in [1.165, 1.54) is 4.88 Å². The fourth-order valence-electron chi connectivity index (χ4n) is 2.61. The van der Waals surface area contributed by atoms with Crippen LogP contribution in [0.25, 0.3) is 0 Å². The first kappa shape index (κ1) is 23.1. The molecular weight excluding hydrogens is 501 g/mol. The standard InChI is InChI=1S/C21H25N3O3S.HI/c1-3-26-19-9-8-16(14-20(19)25-2)24-21(23-15-18-7-5-13-28-18)22-11-10-17-6-4-12-27-17;/h4-9,12-14H,3,10-11,15H2,1-2H3,(H2,22,23,24);1H. The molecule has 0 amide bonds. The summed E-state index contributed by atoms with van der Waals surface area (Å²) in [6.07, 6.45) is 2.46. The lowest BCUT2D eigenvalue weighted by Crippen LogP contribution is -2.32. The Hall–Kier alpha value is -2.20. The molecule has 0 fully saturated rings. The van der Waals surface area contributed by atoms with Crippen LogP contribution in [0.1, 0.15) is 17.6 Å². The summed E-state index contributed by atoms with van der Waals surface area (Å²) in [5.41, 5.74) is 0.871. The van der Waals surface area contributed by atoms with E-state index in [9.17, 15) is 0 Å². The molecule has 29 heavy (non-hydrogen) atoms. The van der Waals surface area contributed by atoms with E-state index in [-0.39, 0.29) is 24.0 Å². The van der Waals surface area contributed by atoms with E-state index in [0.717, 1.165) is 23.6 Å². The number of guanidine groups is 1. The van der Waals surface area contributed by atoms with Crippen LogP contribution in [-0.4, -0.2) is 26.2 Å². The predicted octanol–water partition coefficient (Wildman–Crippen LogP) is 5.17. The number of nitrogens with zero attached hydrogens (tertiary/aromatic N) is 1. The van der Waals surface area contributed by atoms with E-state index in [2.05, 4.69) is 22.1 Å². The van der Waals surface area contributed by atoms with E-state index in [0.29, 0.717) is 31.4 Å². The van der Waals surface area contributed by atoms with Crippen LogP contribution in [0.2, 0.25) is 0 Å². The Labute approximate surface area is 192 Å². The zero-order valence-corrected chi connectivity index (χ0v) is 19.7. The van der Waals surface area contributed by atoms with Gasteiger partial charge in [0, 0.05) is 29.6 Å². The molecule has 0 saturated carbocycles. The fourth-order valence-corrected chi connectivity index (χ4v) is 3.24. The Morgan fingerprint density at radius 2 is 2.07 bits per heavy atom. The molecule has 156 valence electrons. The van der Waals surface area contributed by atoms with Gasteiger partial charge in [0.1, 0.15) is 5.76 Å². The van der Waals surface area contributed by atoms with Crippen LogP contribution in [0.5, 0.6) is 11.5 Å². The minimum absolute atomic E-state index is 0. The van der Waals surface area contributed by atoms with Gasteiger partial charge in [-0.2, -0.15) is 0 Å². The molecule has 2 heterocycles. The number of benzene rings is 1. The fraction of sp³-hybridized carbons (Fsp3) is 0.286. The van der Waals surface area contributed by atoms with Gasteiger partial charge in [0.05, 0.1) is 26.5 Å². The second-order valence-corrected chi connectivity index (χ2v) is 6.96. The molecule has 2 aromatic heterocycles. The van der Waals surface area contributed by atoms with Gasteiger partial charge in [0.25, 0.3) is 0 Å². The van der Waals surface area contributed by atoms with Gasteiger partial charge in [-0.15, -0.1) is 35.3 Å². The van der Waals surface area contributed by atoms with E-state index in [1.54, 1.807) is 24.7 Å². The highest BCUT2D eigenvalue weighted by molar-refractivity contribution is 14.0. The van der Waals surface area contributed by atoms with Crippen molar-refractivity contribution >= 4 is 47.0 Å². The van der Waals surface area contributed by atoms with Gasteiger partial charge >= 0.3 is 0 Å². The summed E-state index contributed by atoms with van der Waals surface area (Å²) >= 11 is 1.69. The van der Waals surface area contributed by atoms with Crippen LogP contribution in [-0.2, 0) is 13.0 Å². The van der Waals surface area contributed by atoms with Gasteiger partial charge in [-0.1, -0.05) is 6.07 Å². The summed E-state index contributed by atoms with van der Waals surface area (Å²) in [5, 5.41) is 8.76. The monoisotopic (exact) mass is 527 g/mol. The minimum Gasteiger partial charge on any atom is -0.493 e. The number of aliphatic imine (C=N–C) groups is 1. The number of ether oxygens (including phenoxy) is 2. The maximum absolute atomic E-state index is 5.58. The van der Waals surface area contributed by atoms with Crippen molar-refractivity contribution in [2.45, 2.75) is 19.9 Å². The highest BCUT2D eigenvalue weighted by Crippen LogP contribution is 2.30. The molecule has 0 bridgehead atoms. The minimum atomic E-state index is 0. The third-order valence-corrected chi connectivity index (χ3v) is 4.80. The summed E-state index contributed by atoms with van der Waals surface area (Å²) in [5.74, 6) is 3.04. The highest BCUT2D eigenvalue weighted by Gasteiger charge is 2.08. The molecule has 0 aliphatic heterocycles. The molecule has 0 spiro atoms. The second-order valence-electron chi connectivity index (χ2n) is 5.92. The van der Waals surface area contributed by atoms with Crippen molar-refractivity contribution in [3.63, 3.8) is 0 Å². The van der Waals surface area contributed by atoms with E-state index >= 15 is 0 Å². The zero-order chi connectivity index (χ0) is 19.6. The van der Waals surface area contributed by atoms with Gasteiger partial charge in [0.15, 0.2) is 17.5 Å². The Morgan fingerprint density at radius 1 is 1.17 bits per heavy atom. The largest absolute Gasteiger partial charge is 0.493 e. The van der Waals surface area contributed by atoms with Crippen molar-refractivity contribution in [1.82, 2.24) is 5.32 Å². The highest BCUT2D eigenvalue weighted by atomic mass is 127. The Bertz CT molecular complexity index is 867. The molecule has 0 aliphatic carbocycles. The van der Waals surface area contributed by atoms with Crippen LogP contribution >= 0.6 is 35.3 Å². The van der Waals surface area contributed by atoms with Crippen molar-refractivity contribution < 1.29 is 13.9 Å². The number of thiophene rings is 1. The Morgan fingerprint density at radius 3 is 2.76 bits per heavy atom. The molecule has 0 aliphatic rings. The lowest BCUT2D eigenvalue weighted by Gasteiger charge is -2.15. The number of methoxy groups -OCH3 is 1. The quantitative estimate of drug-likeness (QED) is 0.229. The first-order valence-corrected chi connectivity index (χ1v) is 10.1. The van der Waals surface area contributed by atoms with Gasteiger partial charge in [-0.3, -0.25) is 0 Å². The van der Waals surface area contributed by atoms with Crippen molar-refractivity contribution in [2.75, 3.05) is 25.6 Å². The predicted molar refractivity (Wildman–Crippen MR) is 129 cm³/mol. The van der Waals surface area contributed by atoms with Gasteiger partial charge in [0.2, 0.25) is 0 Å². The van der Waals surface area contributed by atoms with Crippen molar-refractivity contribution in [3.05, 3.63) is 64.7 Å². The summed E-state index contributed by atoms with van der Waals surface area (Å²) in [7, 11) is 1.63. The topological polar surface area (TPSA) is 68.0 Å². The first-order valence-electron chi connectivity index (χ1n) is 9.19. The molecule has 0 unspecified atom stereocenters. The van der Waals surface area contributed by atoms with Crippen molar-refractivity contribution in [2.24, 2.45) is 4.99 Å². The van der Waals surface area contributed by atoms with Gasteiger partial charge in [-0.25, -0.2) is 4.99 Å². The third kappa shape index (κ3) is 7.28. The molecule has 0 saturated heterocycles. The van der Waals surface area contributed by atoms with Crippen LogP contribution in [0.15, 0.2) is 63.5 Å². The van der Waals surface area contributed by atoms with Crippen LogP contribution < -0.4 is 20.1 Å². The SMILES string of the molecule is CCOc1ccc(NC(=NCc2cccs2)NCCc2ccco2)cc1OC.I. The number of halogens is 1. The number of hydrogen-bond donors (Lipinski definition) is 2. The first-order chi connectivity index (χ1) is 13.8. The van der Waals surface area contributed by atoms with Crippen LogP contribution in [0.4, 0.5) is 5.69 Å². The Kier molecular flexibility index (Phi) is 9.85. The average Bonchev–Trinajstić information content (AvgIpc) is 3.41. The van der Waals surface area contributed by atoms with E-state index in [4.69, 9.17) is 18.9 Å². The second kappa shape index (κ2) is 12.4. The summed E-state index contributed by atoms with van der Waals surface area (Å²) in [6.45, 7) is 3.86. The smallest absolute Gasteiger partial charge is 0.196 e. The maximum Gasteiger partial charge on any atom is 0.196 e. The lowest BCUT2D eigenvalue weighted by atomic mass is 10.2. The van der Waals surface area contributed by atoms with E-state index < -0.39 is 0 Å². The van der Waals surface area contributed by atoms with Crippen molar-refractivity contribution in [1.29, 1.82) is 0 Å². The van der Waals surface area contributed by atoms with Crippen LogP contribution in [0, 0.1) is 0 Å². The Balaban J connectivity index is 0.00000300. The molecule has 8 heteroatoms. The number of rotatable bonds is 9. The molecule has 3 aromatic rings. The van der Waals surface area contributed by atoms with E-state index in [1.807, 2.05) is 43.3 Å². The molecule has 0 radical (unpaired) electrons. The molecule has 3 rings (SSSR count). The zero-order valence-electron chi connectivity index (χ0n) is 16.5. The maximum atomic E-state index is 5.58. The summed E-state index contributed by atoms with van der Waals surface area (Å²) in [4.78, 5) is 5.90. The van der Waals surface area contributed by atoms with Crippen LogP contribution in [0.3, 0.4) is 0 Å². The molecule has 0 atom stereocenters. The third-order valence-electron chi connectivity index (χ3n) is 3.94. The molecule has 6 nitrogen and oxygen atoms in total. The summed E-state index contributed by atoms with van der Waals surface area (Å²) in [6, 6.07) is 13.7. The number of anilines is 1. The van der Waals surface area contributed by atoms with Gasteiger partial charge in [-0.05, 0) is 42.6 Å². The lowest BCUT2D eigenvalue weighted by molar-refractivity contribution is 0.311. The molecule has 1 aromatic carbocycles. The number of hydrogen-bond acceptors (Lipinski definition) is 5. The molecule has 2 N–H and O–H groups in total. The normalized spacial score (nSPS) is 10.9. The van der Waals surface area contributed by atoms with Gasteiger partial charge < -0.3 is 24.5 Å². The summed E-state index contributed by atoms with van der Waals surface area (Å²) < 4.78 is 16.4. The average molecular weight is 527 g/mol. The van der Waals surface area contributed by atoms with Crippen molar-refractivity contribution in [3.8, 4) is 11.5 Å². The molecular formula is C21H26IN3O3S. The number of nitrogens with one attached hydrogen (secondary N) is 2. The number of furan rings is 1.